The first-order valence-corrected chi connectivity index (χ1v) is 11.0. The summed E-state index contributed by atoms with van der Waals surface area (Å²) in [5.41, 5.74) is 4.54. The van der Waals surface area contributed by atoms with Gasteiger partial charge in [-0.1, -0.05) is 62.4 Å². The highest BCUT2D eigenvalue weighted by molar-refractivity contribution is 5.86. The van der Waals surface area contributed by atoms with Gasteiger partial charge < -0.3 is 20.5 Å². The number of aliphatic carboxylic acids is 1. The Labute approximate surface area is 187 Å². The van der Waals surface area contributed by atoms with Crippen LogP contribution in [0.1, 0.15) is 37.3 Å². The molecule has 0 radical (unpaired) electrons. The van der Waals surface area contributed by atoms with Crippen LogP contribution in [0.4, 0.5) is 4.79 Å². The monoisotopic (exact) mass is 436 g/mol. The van der Waals surface area contributed by atoms with E-state index in [4.69, 9.17) is 9.84 Å². The second-order valence-corrected chi connectivity index (χ2v) is 8.88. The lowest BCUT2D eigenvalue weighted by molar-refractivity contribution is -0.139. The van der Waals surface area contributed by atoms with Gasteiger partial charge in [0.2, 0.25) is 5.91 Å². The Hall–Kier alpha value is -3.35. The first-order chi connectivity index (χ1) is 15.4. The minimum absolute atomic E-state index is 0.0429. The van der Waals surface area contributed by atoms with E-state index in [2.05, 4.69) is 22.8 Å². The van der Waals surface area contributed by atoms with Gasteiger partial charge in [0.15, 0.2) is 0 Å². The molecule has 2 aliphatic rings. The highest BCUT2D eigenvalue weighted by Crippen LogP contribution is 2.44. The fraction of sp³-hybridized carbons (Fsp3) is 0.400. The van der Waals surface area contributed by atoms with Crippen LogP contribution in [-0.4, -0.2) is 42.3 Å². The highest BCUT2D eigenvalue weighted by Gasteiger charge is 2.43. The van der Waals surface area contributed by atoms with Gasteiger partial charge in [0.1, 0.15) is 12.6 Å². The van der Waals surface area contributed by atoms with Crippen LogP contribution < -0.4 is 10.6 Å². The molecule has 32 heavy (non-hydrogen) atoms. The van der Waals surface area contributed by atoms with Crippen molar-refractivity contribution in [2.24, 2.45) is 17.8 Å². The molecule has 0 heterocycles. The minimum Gasteiger partial charge on any atom is -0.481 e. The first-order valence-electron chi connectivity index (χ1n) is 11.0. The van der Waals surface area contributed by atoms with E-state index in [1.807, 2.05) is 50.2 Å². The van der Waals surface area contributed by atoms with E-state index in [0.717, 1.165) is 22.3 Å². The third-order valence-corrected chi connectivity index (χ3v) is 6.34. The third-order valence-electron chi connectivity index (χ3n) is 6.34. The quantitative estimate of drug-likeness (QED) is 0.588. The van der Waals surface area contributed by atoms with Gasteiger partial charge >= 0.3 is 12.1 Å². The number of hydrogen-bond acceptors (Lipinski definition) is 4. The summed E-state index contributed by atoms with van der Waals surface area (Å²) in [6, 6.07) is 15.4. The minimum atomic E-state index is -0.832. The fourth-order valence-corrected chi connectivity index (χ4v) is 4.42. The van der Waals surface area contributed by atoms with E-state index in [0.29, 0.717) is 13.0 Å². The Morgan fingerprint density at radius 2 is 1.62 bits per heavy atom. The number of rotatable bonds is 8. The van der Waals surface area contributed by atoms with E-state index in [9.17, 15) is 14.4 Å². The highest BCUT2D eigenvalue weighted by atomic mass is 16.5. The van der Waals surface area contributed by atoms with Crippen LogP contribution in [0.5, 0.6) is 0 Å². The Morgan fingerprint density at radius 3 is 2.16 bits per heavy atom. The number of carbonyl (C=O) groups excluding carboxylic acids is 2. The number of fused-ring (bicyclic) bond motifs is 3. The van der Waals surface area contributed by atoms with Gasteiger partial charge in [-0.2, -0.15) is 0 Å². The summed E-state index contributed by atoms with van der Waals surface area (Å²) in [5, 5.41) is 14.4. The van der Waals surface area contributed by atoms with Crippen molar-refractivity contribution >= 4 is 18.0 Å². The molecule has 3 N–H and O–H groups in total. The molecule has 7 heteroatoms. The van der Waals surface area contributed by atoms with Crippen molar-refractivity contribution in [2.45, 2.75) is 32.2 Å². The maximum absolute atomic E-state index is 12.6. The second kappa shape index (κ2) is 9.02. The Kier molecular flexibility index (Phi) is 6.17. The Balaban J connectivity index is 1.34. The van der Waals surface area contributed by atoms with Gasteiger partial charge in [-0.15, -0.1) is 0 Å². The molecule has 1 fully saturated rings. The van der Waals surface area contributed by atoms with Crippen molar-refractivity contribution in [3.63, 3.8) is 0 Å². The number of benzene rings is 2. The van der Waals surface area contributed by atoms with E-state index >= 15 is 0 Å². The maximum Gasteiger partial charge on any atom is 0.407 e. The molecule has 0 bridgehead atoms. The fourth-order valence-electron chi connectivity index (χ4n) is 4.42. The van der Waals surface area contributed by atoms with Crippen molar-refractivity contribution in [2.75, 3.05) is 13.2 Å². The Morgan fingerprint density at radius 1 is 1.03 bits per heavy atom. The molecule has 168 valence electrons. The molecular weight excluding hydrogens is 408 g/mol. The molecule has 0 spiro atoms. The van der Waals surface area contributed by atoms with Crippen molar-refractivity contribution in [3.8, 4) is 11.1 Å². The van der Waals surface area contributed by atoms with Gasteiger partial charge in [0, 0.05) is 12.5 Å². The number of alkyl carbamates (subject to hydrolysis) is 1. The van der Waals surface area contributed by atoms with Crippen LogP contribution in [0, 0.1) is 17.8 Å². The van der Waals surface area contributed by atoms with E-state index in [1.54, 1.807) is 0 Å². The number of hydrogen-bond donors (Lipinski definition) is 3. The Bertz CT molecular complexity index is 989. The summed E-state index contributed by atoms with van der Waals surface area (Å²) < 4.78 is 5.55. The molecule has 3 atom stereocenters. The molecule has 7 nitrogen and oxygen atoms in total. The summed E-state index contributed by atoms with van der Waals surface area (Å²) in [4.78, 5) is 36.1. The molecule has 0 aromatic heterocycles. The van der Waals surface area contributed by atoms with Crippen molar-refractivity contribution < 1.29 is 24.2 Å². The molecule has 1 saturated carbocycles. The number of carbonyl (C=O) groups is 3. The number of nitrogens with one attached hydrogen (secondary N) is 2. The summed E-state index contributed by atoms with van der Waals surface area (Å²) in [6.07, 6.45) is -0.0718. The lowest BCUT2D eigenvalue weighted by Crippen LogP contribution is -2.50. The molecule has 4 rings (SSSR count). The molecular formula is C25H28N2O5. The van der Waals surface area contributed by atoms with Crippen molar-refractivity contribution in [1.29, 1.82) is 0 Å². The number of amides is 2. The molecule has 2 aromatic carbocycles. The van der Waals surface area contributed by atoms with Crippen LogP contribution in [0.25, 0.3) is 11.1 Å². The normalized spacial score (nSPS) is 19.6. The zero-order valence-electron chi connectivity index (χ0n) is 18.2. The van der Waals surface area contributed by atoms with Crippen LogP contribution in [0.3, 0.4) is 0 Å². The van der Waals surface area contributed by atoms with Gasteiger partial charge in [-0.25, -0.2) is 4.79 Å². The zero-order valence-corrected chi connectivity index (χ0v) is 18.2. The van der Waals surface area contributed by atoms with Crippen LogP contribution >= 0.6 is 0 Å². The molecule has 0 saturated heterocycles. The van der Waals surface area contributed by atoms with Gasteiger partial charge in [0.05, 0.1) is 5.92 Å². The summed E-state index contributed by atoms with van der Waals surface area (Å²) in [7, 11) is 0. The van der Waals surface area contributed by atoms with E-state index < -0.39 is 18.1 Å². The van der Waals surface area contributed by atoms with Crippen LogP contribution in [0.2, 0.25) is 0 Å². The smallest absolute Gasteiger partial charge is 0.407 e. The van der Waals surface area contributed by atoms with E-state index in [1.165, 1.54) is 0 Å². The largest absolute Gasteiger partial charge is 0.481 e. The lowest BCUT2D eigenvalue weighted by atomic mass is 9.98. The summed E-state index contributed by atoms with van der Waals surface area (Å²) in [6.45, 7) is 4.15. The molecule has 2 unspecified atom stereocenters. The topological polar surface area (TPSA) is 105 Å². The lowest BCUT2D eigenvalue weighted by Gasteiger charge is -2.22. The zero-order chi connectivity index (χ0) is 22.8. The number of ether oxygens (including phenoxy) is 1. The average Bonchev–Trinajstić information content (AvgIpc) is 3.50. The summed E-state index contributed by atoms with van der Waals surface area (Å²) in [5.74, 6) is -1.79. The molecule has 2 amide bonds. The molecule has 2 aliphatic carbocycles. The predicted octanol–water partition coefficient (Wildman–Crippen LogP) is 3.39. The number of carboxylic acid groups (broad SMARTS) is 1. The number of carboxylic acids is 1. The van der Waals surface area contributed by atoms with E-state index in [-0.39, 0.29) is 36.2 Å². The van der Waals surface area contributed by atoms with Crippen LogP contribution in [0.15, 0.2) is 48.5 Å². The standard InChI is InChI=1S/C25H28N2O5/c1-14(2)22(23(28)26-12-15-11-20(15)24(29)30)27-25(31)32-13-21-18-9-5-3-7-16(18)17-8-4-6-10-19(17)21/h3-10,14-15,20-22H,11-13H2,1-2H3,(H,26,28)(H,27,31)(H,29,30)/t15?,20?,22-/m1/s1. The summed E-state index contributed by atoms with van der Waals surface area (Å²) >= 11 is 0. The SMILES string of the molecule is CC(C)[C@@H](NC(=O)OCC1c2ccccc2-c2ccccc21)C(=O)NCC1CC1C(=O)O. The molecule has 2 aromatic rings. The maximum atomic E-state index is 12.6. The van der Waals surface area contributed by atoms with Gasteiger partial charge in [-0.05, 0) is 40.5 Å². The predicted molar refractivity (Wildman–Crippen MR) is 119 cm³/mol. The van der Waals surface area contributed by atoms with Gasteiger partial charge in [0.25, 0.3) is 0 Å². The second-order valence-electron chi connectivity index (χ2n) is 8.88. The molecule has 0 aliphatic heterocycles. The van der Waals surface area contributed by atoms with Crippen molar-refractivity contribution in [3.05, 3.63) is 59.7 Å². The van der Waals surface area contributed by atoms with Gasteiger partial charge in [-0.3, -0.25) is 9.59 Å². The first kappa shape index (κ1) is 21.9. The van der Waals surface area contributed by atoms with Crippen LogP contribution in [-0.2, 0) is 14.3 Å². The average molecular weight is 437 g/mol. The third kappa shape index (κ3) is 4.47. The van der Waals surface area contributed by atoms with Crippen molar-refractivity contribution in [1.82, 2.24) is 10.6 Å².